The second-order valence-corrected chi connectivity index (χ2v) is 5.21. The Morgan fingerprint density at radius 2 is 1.80 bits per heavy atom. The van der Waals surface area contributed by atoms with Gasteiger partial charge in [-0.05, 0) is 18.8 Å². The normalized spacial score (nSPS) is 11.0. The Kier molecular flexibility index (Phi) is 6.48. The molecule has 0 aliphatic carbocycles. The van der Waals surface area contributed by atoms with Crippen LogP contribution >= 0.6 is 0 Å². The lowest BCUT2D eigenvalue weighted by molar-refractivity contribution is 0.377. The molecule has 20 heavy (non-hydrogen) atoms. The standard InChI is InChI=1S/C14H27N5O/c1-7-11(8-2)19(9-10(3)4)13-16-12(15-5)17-14(18-13)20-6/h10-11H,7-9H2,1-6H3,(H,15,16,17,18). The molecule has 0 aromatic carbocycles. The van der Waals surface area contributed by atoms with Crippen molar-refractivity contribution < 1.29 is 4.74 Å². The zero-order chi connectivity index (χ0) is 15.1. The van der Waals surface area contributed by atoms with Crippen LogP contribution in [-0.2, 0) is 0 Å². The van der Waals surface area contributed by atoms with Crippen molar-refractivity contribution in [1.82, 2.24) is 15.0 Å². The van der Waals surface area contributed by atoms with E-state index in [4.69, 9.17) is 4.74 Å². The highest BCUT2D eigenvalue weighted by molar-refractivity contribution is 5.39. The summed E-state index contributed by atoms with van der Waals surface area (Å²) >= 11 is 0. The Morgan fingerprint density at radius 3 is 2.25 bits per heavy atom. The van der Waals surface area contributed by atoms with Crippen molar-refractivity contribution in [3.8, 4) is 6.01 Å². The van der Waals surface area contributed by atoms with Gasteiger partial charge in [0.1, 0.15) is 0 Å². The van der Waals surface area contributed by atoms with Crippen molar-refractivity contribution in [2.45, 2.75) is 46.6 Å². The third-order valence-electron chi connectivity index (χ3n) is 3.21. The Balaban J connectivity index is 3.17. The zero-order valence-electron chi connectivity index (χ0n) is 13.5. The van der Waals surface area contributed by atoms with E-state index in [0.29, 0.717) is 29.9 Å². The molecule has 114 valence electrons. The monoisotopic (exact) mass is 281 g/mol. The number of anilines is 2. The van der Waals surface area contributed by atoms with Crippen molar-refractivity contribution in [2.24, 2.45) is 5.92 Å². The molecular weight excluding hydrogens is 254 g/mol. The molecule has 0 atom stereocenters. The van der Waals surface area contributed by atoms with Gasteiger partial charge in [0.2, 0.25) is 11.9 Å². The van der Waals surface area contributed by atoms with E-state index in [1.54, 1.807) is 14.2 Å². The molecular formula is C14H27N5O. The van der Waals surface area contributed by atoms with Crippen LogP contribution in [0.2, 0.25) is 0 Å². The van der Waals surface area contributed by atoms with E-state index in [-0.39, 0.29) is 0 Å². The first-order valence-corrected chi connectivity index (χ1v) is 7.30. The molecule has 0 aliphatic rings. The fourth-order valence-corrected chi connectivity index (χ4v) is 2.19. The summed E-state index contributed by atoms with van der Waals surface area (Å²) in [5.74, 6) is 1.76. The van der Waals surface area contributed by atoms with E-state index in [1.165, 1.54) is 0 Å². The third-order valence-corrected chi connectivity index (χ3v) is 3.21. The van der Waals surface area contributed by atoms with Crippen LogP contribution < -0.4 is 15.0 Å². The number of nitrogens with one attached hydrogen (secondary N) is 1. The van der Waals surface area contributed by atoms with Gasteiger partial charge in [0, 0.05) is 19.6 Å². The Bertz CT molecular complexity index is 384. The maximum Gasteiger partial charge on any atom is 0.322 e. The summed E-state index contributed by atoms with van der Waals surface area (Å²) < 4.78 is 5.17. The quantitative estimate of drug-likeness (QED) is 0.790. The van der Waals surface area contributed by atoms with Gasteiger partial charge in [0.25, 0.3) is 0 Å². The van der Waals surface area contributed by atoms with E-state index < -0.39 is 0 Å². The predicted octanol–water partition coefficient (Wildman–Crippen LogP) is 2.57. The fourth-order valence-electron chi connectivity index (χ4n) is 2.19. The van der Waals surface area contributed by atoms with Crippen LogP contribution in [0.3, 0.4) is 0 Å². The van der Waals surface area contributed by atoms with Crippen LogP contribution in [0.25, 0.3) is 0 Å². The molecule has 6 heteroatoms. The Morgan fingerprint density at radius 1 is 1.15 bits per heavy atom. The van der Waals surface area contributed by atoms with Gasteiger partial charge in [-0.3, -0.25) is 0 Å². The predicted molar refractivity (Wildman–Crippen MR) is 82.5 cm³/mol. The third kappa shape index (κ3) is 4.21. The van der Waals surface area contributed by atoms with Crippen molar-refractivity contribution in [1.29, 1.82) is 0 Å². The Hall–Kier alpha value is -1.59. The number of hydrogen-bond acceptors (Lipinski definition) is 6. The highest BCUT2D eigenvalue weighted by Gasteiger charge is 2.21. The van der Waals surface area contributed by atoms with Crippen LogP contribution in [0, 0.1) is 5.92 Å². The van der Waals surface area contributed by atoms with Gasteiger partial charge < -0.3 is 15.0 Å². The number of ether oxygens (including phenoxy) is 1. The molecule has 0 bridgehead atoms. The number of rotatable bonds is 8. The van der Waals surface area contributed by atoms with Gasteiger partial charge in [-0.15, -0.1) is 0 Å². The summed E-state index contributed by atoms with van der Waals surface area (Å²) in [5.41, 5.74) is 0. The van der Waals surface area contributed by atoms with E-state index in [1.807, 2.05) is 0 Å². The molecule has 0 spiro atoms. The lowest BCUT2D eigenvalue weighted by atomic mass is 10.1. The Labute approximate surface area is 122 Å². The fraction of sp³-hybridized carbons (Fsp3) is 0.786. The summed E-state index contributed by atoms with van der Waals surface area (Å²) in [4.78, 5) is 15.3. The molecule has 1 aromatic rings. The summed E-state index contributed by atoms with van der Waals surface area (Å²) in [5, 5.41) is 2.96. The topological polar surface area (TPSA) is 63.2 Å². The molecule has 1 rings (SSSR count). The molecule has 0 saturated carbocycles. The molecule has 6 nitrogen and oxygen atoms in total. The van der Waals surface area contributed by atoms with Gasteiger partial charge >= 0.3 is 6.01 Å². The SMILES string of the molecule is CCC(CC)N(CC(C)C)c1nc(NC)nc(OC)n1. The maximum atomic E-state index is 5.17. The second kappa shape index (κ2) is 7.87. The van der Waals surface area contributed by atoms with Gasteiger partial charge in [-0.1, -0.05) is 27.7 Å². The smallest absolute Gasteiger partial charge is 0.322 e. The van der Waals surface area contributed by atoms with Gasteiger partial charge in [0.15, 0.2) is 0 Å². The van der Waals surface area contributed by atoms with E-state index in [2.05, 4.69) is 52.9 Å². The minimum absolute atomic E-state index is 0.346. The summed E-state index contributed by atoms with van der Waals surface area (Å²) in [6.07, 6.45) is 2.12. The lowest BCUT2D eigenvalue weighted by Crippen LogP contribution is -2.38. The number of hydrogen-bond donors (Lipinski definition) is 1. The average Bonchev–Trinajstić information content (AvgIpc) is 2.46. The van der Waals surface area contributed by atoms with Crippen molar-refractivity contribution in [2.75, 3.05) is 30.9 Å². The van der Waals surface area contributed by atoms with Crippen LogP contribution in [0.15, 0.2) is 0 Å². The molecule has 1 aromatic heterocycles. The molecule has 1 N–H and O–H groups in total. The summed E-state index contributed by atoms with van der Waals surface area (Å²) in [6.45, 7) is 9.71. The van der Waals surface area contributed by atoms with Crippen molar-refractivity contribution >= 4 is 11.9 Å². The molecule has 0 radical (unpaired) electrons. The summed E-state index contributed by atoms with van der Waals surface area (Å²) in [6, 6.07) is 0.772. The molecule has 0 fully saturated rings. The molecule has 0 unspecified atom stereocenters. The zero-order valence-corrected chi connectivity index (χ0v) is 13.5. The number of aromatic nitrogens is 3. The number of methoxy groups -OCH3 is 1. The van der Waals surface area contributed by atoms with Crippen LogP contribution in [0.5, 0.6) is 6.01 Å². The van der Waals surface area contributed by atoms with Gasteiger partial charge in [0.05, 0.1) is 7.11 Å². The average molecular weight is 281 g/mol. The van der Waals surface area contributed by atoms with E-state index in [0.717, 1.165) is 19.4 Å². The first-order valence-electron chi connectivity index (χ1n) is 7.30. The first kappa shape index (κ1) is 16.5. The van der Waals surface area contributed by atoms with E-state index >= 15 is 0 Å². The minimum Gasteiger partial charge on any atom is -0.467 e. The second-order valence-electron chi connectivity index (χ2n) is 5.21. The minimum atomic E-state index is 0.346. The largest absolute Gasteiger partial charge is 0.467 e. The first-order chi connectivity index (χ1) is 9.55. The summed E-state index contributed by atoms with van der Waals surface area (Å²) in [7, 11) is 3.37. The lowest BCUT2D eigenvalue weighted by Gasteiger charge is -2.32. The van der Waals surface area contributed by atoms with Crippen molar-refractivity contribution in [3.63, 3.8) is 0 Å². The van der Waals surface area contributed by atoms with Gasteiger partial charge in [-0.2, -0.15) is 15.0 Å². The maximum absolute atomic E-state index is 5.17. The van der Waals surface area contributed by atoms with E-state index in [9.17, 15) is 0 Å². The highest BCUT2D eigenvalue weighted by atomic mass is 16.5. The van der Waals surface area contributed by atoms with Gasteiger partial charge in [-0.25, -0.2) is 0 Å². The number of nitrogens with zero attached hydrogens (tertiary/aromatic N) is 4. The molecule has 1 heterocycles. The molecule has 0 amide bonds. The van der Waals surface area contributed by atoms with Crippen LogP contribution in [-0.4, -0.2) is 41.7 Å². The van der Waals surface area contributed by atoms with Crippen LogP contribution in [0.4, 0.5) is 11.9 Å². The van der Waals surface area contributed by atoms with Crippen LogP contribution in [0.1, 0.15) is 40.5 Å². The molecule has 0 saturated heterocycles. The highest BCUT2D eigenvalue weighted by Crippen LogP contribution is 2.21. The van der Waals surface area contributed by atoms with Crippen molar-refractivity contribution in [3.05, 3.63) is 0 Å². The molecule has 0 aliphatic heterocycles.